The van der Waals surface area contributed by atoms with Crippen molar-refractivity contribution in [2.75, 3.05) is 42.6 Å². The summed E-state index contributed by atoms with van der Waals surface area (Å²) in [7, 11) is 0. The standard InChI is InChI=1S/C19H25FN4O3S/c1-3-4-7-22-12-23(11-18(22)25)17-6-5-14(8-16(17)20)24-10-15(27-19(24)26)9-21-13(2)28/h5-6,8,15H,3-4,7,9-12H2,1-2H3,(H,21,28)/t15-/m0/s1. The van der Waals surface area contributed by atoms with Gasteiger partial charge in [-0.1, -0.05) is 25.6 Å². The lowest BCUT2D eigenvalue weighted by atomic mass is 10.2. The zero-order chi connectivity index (χ0) is 20.3. The predicted molar refractivity (Wildman–Crippen MR) is 109 cm³/mol. The molecule has 2 saturated heterocycles. The molecule has 2 amide bonds. The lowest BCUT2D eigenvalue weighted by Crippen LogP contribution is -2.32. The van der Waals surface area contributed by atoms with Crippen molar-refractivity contribution in [3.8, 4) is 0 Å². The Kier molecular flexibility index (Phi) is 6.33. The Morgan fingerprint density at radius 3 is 2.86 bits per heavy atom. The number of hydrogen-bond donors (Lipinski definition) is 1. The molecular weight excluding hydrogens is 383 g/mol. The zero-order valence-corrected chi connectivity index (χ0v) is 16.9. The highest BCUT2D eigenvalue weighted by molar-refractivity contribution is 7.80. The van der Waals surface area contributed by atoms with Gasteiger partial charge in [0.05, 0.1) is 42.7 Å². The second-order valence-electron chi connectivity index (χ2n) is 7.04. The summed E-state index contributed by atoms with van der Waals surface area (Å²) in [6.07, 6.45) is 1.07. The third kappa shape index (κ3) is 4.52. The fourth-order valence-electron chi connectivity index (χ4n) is 3.32. The minimum atomic E-state index is -0.511. The highest BCUT2D eigenvalue weighted by Gasteiger charge is 2.33. The minimum absolute atomic E-state index is 0.00391. The van der Waals surface area contributed by atoms with Crippen LogP contribution in [0, 0.1) is 5.82 Å². The van der Waals surface area contributed by atoms with Crippen LogP contribution < -0.4 is 15.1 Å². The van der Waals surface area contributed by atoms with E-state index in [2.05, 4.69) is 12.2 Å². The lowest BCUT2D eigenvalue weighted by molar-refractivity contribution is -0.126. The van der Waals surface area contributed by atoms with Crippen LogP contribution in [0.1, 0.15) is 26.7 Å². The van der Waals surface area contributed by atoms with Crippen molar-refractivity contribution in [1.29, 1.82) is 0 Å². The maximum absolute atomic E-state index is 14.8. The monoisotopic (exact) mass is 408 g/mol. The van der Waals surface area contributed by atoms with Crippen LogP contribution >= 0.6 is 12.2 Å². The number of nitrogens with one attached hydrogen (secondary N) is 1. The smallest absolute Gasteiger partial charge is 0.414 e. The normalized spacial score (nSPS) is 19.4. The van der Waals surface area contributed by atoms with Crippen molar-refractivity contribution in [3.63, 3.8) is 0 Å². The van der Waals surface area contributed by atoms with E-state index >= 15 is 0 Å². The van der Waals surface area contributed by atoms with Crippen LogP contribution in [0.3, 0.4) is 0 Å². The van der Waals surface area contributed by atoms with Crippen LogP contribution in [0.2, 0.25) is 0 Å². The maximum atomic E-state index is 14.8. The van der Waals surface area contributed by atoms with Gasteiger partial charge in [-0.25, -0.2) is 9.18 Å². The number of anilines is 2. The molecule has 3 rings (SSSR count). The number of cyclic esters (lactones) is 1. The number of rotatable bonds is 7. The molecule has 0 aromatic heterocycles. The zero-order valence-electron chi connectivity index (χ0n) is 16.1. The Labute approximate surface area is 169 Å². The van der Waals surface area contributed by atoms with E-state index in [1.807, 2.05) is 0 Å². The molecule has 0 radical (unpaired) electrons. The van der Waals surface area contributed by atoms with Crippen LogP contribution in [-0.2, 0) is 9.53 Å². The Balaban J connectivity index is 1.67. The molecule has 2 fully saturated rings. The summed E-state index contributed by atoms with van der Waals surface area (Å²) < 4.78 is 20.1. The van der Waals surface area contributed by atoms with Crippen LogP contribution in [0.15, 0.2) is 18.2 Å². The Morgan fingerprint density at radius 2 is 2.18 bits per heavy atom. The van der Waals surface area contributed by atoms with Gasteiger partial charge < -0.3 is 19.9 Å². The Morgan fingerprint density at radius 1 is 1.39 bits per heavy atom. The van der Waals surface area contributed by atoms with Crippen molar-refractivity contribution in [3.05, 3.63) is 24.0 Å². The Hall–Kier alpha value is -2.42. The summed E-state index contributed by atoms with van der Waals surface area (Å²) in [5.41, 5.74) is 0.791. The predicted octanol–water partition coefficient (Wildman–Crippen LogP) is 2.49. The number of unbranched alkanes of at least 4 members (excludes halogenated alkanes) is 1. The van der Waals surface area contributed by atoms with Gasteiger partial charge in [0.25, 0.3) is 0 Å². The second-order valence-corrected chi connectivity index (χ2v) is 7.65. The average Bonchev–Trinajstić information content (AvgIpc) is 3.20. The number of carbonyl (C=O) groups excluding carboxylic acids is 2. The summed E-state index contributed by atoms with van der Waals surface area (Å²) in [5.74, 6) is -0.462. The van der Waals surface area contributed by atoms with Crippen molar-refractivity contribution in [1.82, 2.24) is 10.2 Å². The van der Waals surface area contributed by atoms with Gasteiger partial charge in [-0.3, -0.25) is 9.69 Å². The van der Waals surface area contributed by atoms with E-state index in [4.69, 9.17) is 17.0 Å². The molecule has 0 aliphatic carbocycles. The SMILES string of the molecule is CCCCN1CN(c2ccc(N3C[C@H](CNC(C)=S)OC3=O)cc2F)CC1=O. The van der Waals surface area contributed by atoms with E-state index in [-0.39, 0.29) is 18.6 Å². The molecule has 1 aromatic carbocycles. The van der Waals surface area contributed by atoms with Gasteiger partial charge in [-0.15, -0.1) is 0 Å². The molecule has 1 atom stereocenters. The van der Waals surface area contributed by atoms with E-state index in [9.17, 15) is 14.0 Å². The molecular formula is C19H25FN4O3S. The van der Waals surface area contributed by atoms with Crippen LogP contribution in [-0.4, -0.2) is 60.8 Å². The molecule has 2 heterocycles. The molecule has 2 aliphatic rings. The first-order valence-electron chi connectivity index (χ1n) is 9.44. The van der Waals surface area contributed by atoms with E-state index in [1.54, 1.807) is 28.9 Å². The number of thiocarbonyl (C=S) groups is 1. The molecule has 0 spiro atoms. The quantitative estimate of drug-likeness (QED) is 0.700. The van der Waals surface area contributed by atoms with Gasteiger partial charge in [0.2, 0.25) is 5.91 Å². The largest absolute Gasteiger partial charge is 0.442 e. The van der Waals surface area contributed by atoms with E-state index in [1.165, 1.54) is 11.0 Å². The summed E-state index contributed by atoms with van der Waals surface area (Å²) >= 11 is 4.96. The molecule has 1 N–H and O–H groups in total. The first-order chi connectivity index (χ1) is 13.4. The summed E-state index contributed by atoms with van der Waals surface area (Å²) in [4.78, 5) is 29.7. The first kappa shape index (κ1) is 20.3. The summed E-state index contributed by atoms with van der Waals surface area (Å²) in [5, 5.41) is 2.97. The van der Waals surface area contributed by atoms with Gasteiger partial charge in [0.1, 0.15) is 11.9 Å². The van der Waals surface area contributed by atoms with Crippen molar-refractivity contribution in [2.24, 2.45) is 0 Å². The number of halogens is 1. The van der Waals surface area contributed by atoms with Gasteiger partial charge in [0.15, 0.2) is 0 Å². The van der Waals surface area contributed by atoms with E-state index < -0.39 is 11.9 Å². The van der Waals surface area contributed by atoms with Crippen LogP contribution in [0.5, 0.6) is 0 Å². The van der Waals surface area contributed by atoms with Crippen LogP contribution in [0.25, 0.3) is 0 Å². The topological polar surface area (TPSA) is 65.1 Å². The average molecular weight is 408 g/mol. The summed E-state index contributed by atoms with van der Waals surface area (Å²) in [6.45, 7) is 5.78. The molecule has 2 aliphatic heterocycles. The Bertz CT molecular complexity index is 776. The highest BCUT2D eigenvalue weighted by Crippen LogP contribution is 2.29. The van der Waals surface area contributed by atoms with E-state index in [0.717, 1.165) is 12.8 Å². The second kappa shape index (κ2) is 8.72. The van der Waals surface area contributed by atoms with Gasteiger partial charge >= 0.3 is 6.09 Å². The molecule has 1 aromatic rings. The lowest BCUT2D eigenvalue weighted by Gasteiger charge is -2.21. The fourth-order valence-corrected chi connectivity index (χ4v) is 3.40. The number of carbonyl (C=O) groups is 2. The van der Waals surface area contributed by atoms with Crippen molar-refractivity contribution in [2.45, 2.75) is 32.8 Å². The number of nitrogens with zero attached hydrogens (tertiary/aromatic N) is 3. The highest BCUT2D eigenvalue weighted by atomic mass is 32.1. The minimum Gasteiger partial charge on any atom is -0.442 e. The summed E-state index contributed by atoms with van der Waals surface area (Å²) in [6, 6.07) is 4.61. The van der Waals surface area contributed by atoms with Crippen molar-refractivity contribution >= 4 is 40.6 Å². The van der Waals surface area contributed by atoms with Gasteiger partial charge in [0, 0.05) is 6.54 Å². The van der Waals surface area contributed by atoms with E-state index in [0.29, 0.717) is 42.7 Å². The molecule has 28 heavy (non-hydrogen) atoms. The third-order valence-corrected chi connectivity index (χ3v) is 4.98. The number of hydrogen-bond acceptors (Lipinski definition) is 5. The molecule has 152 valence electrons. The van der Waals surface area contributed by atoms with Gasteiger partial charge in [-0.05, 0) is 31.5 Å². The number of benzene rings is 1. The molecule has 7 nitrogen and oxygen atoms in total. The number of ether oxygens (including phenoxy) is 1. The fraction of sp³-hybridized carbons (Fsp3) is 0.526. The third-order valence-electron chi connectivity index (χ3n) is 4.84. The van der Waals surface area contributed by atoms with Crippen molar-refractivity contribution < 1.29 is 18.7 Å². The molecule has 9 heteroatoms. The van der Waals surface area contributed by atoms with Gasteiger partial charge in [-0.2, -0.15) is 0 Å². The van der Waals surface area contributed by atoms with Crippen LogP contribution in [0.4, 0.5) is 20.6 Å². The molecule has 0 unspecified atom stereocenters. The molecule has 0 bridgehead atoms. The number of amides is 2. The maximum Gasteiger partial charge on any atom is 0.414 e. The first-order valence-corrected chi connectivity index (χ1v) is 9.84. The molecule has 0 saturated carbocycles.